The molecule has 0 unspecified atom stereocenters. The standard InChI is InChI=1S/C10H11IO3/c1-7-2-3-8(4-10(7)14-11)12-5-9-6-13-9/h2-4,9H,5-6H2,1H3/t9-/m0/s1. The van der Waals surface area contributed by atoms with E-state index in [-0.39, 0.29) is 0 Å². The molecule has 1 aliphatic heterocycles. The number of ether oxygens (including phenoxy) is 2. The molecule has 2 rings (SSSR count). The maximum atomic E-state index is 5.52. The topological polar surface area (TPSA) is 31.0 Å². The van der Waals surface area contributed by atoms with Gasteiger partial charge in [0.1, 0.15) is 24.2 Å². The van der Waals surface area contributed by atoms with E-state index in [1.54, 1.807) is 0 Å². The quantitative estimate of drug-likeness (QED) is 0.632. The Labute approximate surface area is 97.0 Å². The number of hydrogen-bond acceptors (Lipinski definition) is 3. The van der Waals surface area contributed by atoms with Crippen LogP contribution in [0, 0.1) is 6.92 Å². The van der Waals surface area contributed by atoms with Crippen molar-refractivity contribution >= 4 is 23.0 Å². The van der Waals surface area contributed by atoms with Gasteiger partial charge in [-0.2, -0.15) is 0 Å². The van der Waals surface area contributed by atoms with Crippen LogP contribution in [0.4, 0.5) is 0 Å². The summed E-state index contributed by atoms with van der Waals surface area (Å²) in [7, 11) is 0. The summed E-state index contributed by atoms with van der Waals surface area (Å²) in [5.41, 5.74) is 1.11. The molecular formula is C10H11IO3. The van der Waals surface area contributed by atoms with Crippen LogP contribution >= 0.6 is 23.0 Å². The van der Waals surface area contributed by atoms with E-state index in [0.717, 1.165) is 23.7 Å². The van der Waals surface area contributed by atoms with Crippen LogP contribution in [0.1, 0.15) is 5.56 Å². The van der Waals surface area contributed by atoms with Gasteiger partial charge in [-0.3, -0.25) is 0 Å². The molecule has 0 amide bonds. The lowest BCUT2D eigenvalue weighted by atomic mass is 10.2. The normalized spacial score (nSPS) is 19.1. The molecular weight excluding hydrogens is 295 g/mol. The van der Waals surface area contributed by atoms with Crippen LogP contribution in [0.2, 0.25) is 0 Å². The van der Waals surface area contributed by atoms with Crippen LogP contribution in [0.25, 0.3) is 0 Å². The molecule has 0 spiro atoms. The third kappa shape index (κ3) is 2.51. The van der Waals surface area contributed by atoms with Gasteiger partial charge in [-0.05, 0) is 18.6 Å². The zero-order valence-electron chi connectivity index (χ0n) is 7.83. The minimum absolute atomic E-state index is 0.292. The first-order valence-corrected chi connectivity index (χ1v) is 5.31. The van der Waals surface area contributed by atoms with E-state index in [0.29, 0.717) is 12.7 Å². The molecule has 0 saturated carbocycles. The summed E-state index contributed by atoms with van der Waals surface area (Å²) in [4.78, 5) is 0. The van der Waals surface area contributed by atoms with Gasteiger partial charge in [0.25, 0.3) is 0 Å². The molecule has 14 heavy (non-hydrogen) atoms. The zero-order valence-corrected chi connectivity index (χ0v) is 9.98. The molecule has 1 fully saturated rings. The smallest absolute Gasteiger partial charge is 0.192 e. The van der Waals surface area contributed by atoms with E-state index >= 15 is 0 Å². The molecule has 76 valence electrons. The molecule has 0 bridgehead atoms. The molecule has 1 heterocycles. The zero-order chi connectivity index (χ0) is 9.97. The Morgan fingerprint density at radius 2 is 2.36 bits per heavy atom. The molecule has 1 saturated heterocycles. The Bertz CT molecular complexity index is 323. The van der Waals surface area contributed by atoms with Crippen molar-refractivity contribution in [1.29, 1.82) is 0 Å². The summed E-state index contributed by atoms with van der Waals surface area (Å²) in [6.07, 6.45) is 0.292. The fourth-order valence-electron chi connectivity index (χ4n) is 1.11. The van der Waals surface area contributed by atoms with Gasteiger partial charge in [0.2, 0.25) is 0 Å². The maximum Gasteiger partial charge on any atom is 0.192 e. The van der Waals surface area contributed by atoms with Gasteiger partial charge in [0.15, 0.2) is 23.0 Å². The highest BCUT2D eigenvalue weighted by Gasteiger charge is 2.23. The van der Waals surface area contributed by atoms with E-state index in [1.165, 1.54) is 0 Å². The second kappa shape index (κ2) is 4.35. The van der Waals surface area contributed by atoms with Gasteiger partial charge in [0.05, 0.1) is 6.61 Å². The second-order valence-electron chi connectivity index (χ2n) is 3.27. The van der Waals surface area contributed by atoms with E-state index in [2.05, 4.69) is 0 Å². The van der Waals surface area contributed by atoms with Gasteiger partial charge >= 0.3 is 0 Å². The SMILES string of the molecule is Cc1ccc(OC[C@H]2CO2)cc1OI. The summed E-state index contributed by atoms with van der Waals surface area (Å²) < 4.78 is 15.7. The summed E-state index contributed by atoms with van der Waals surface area (Å²) in [5, 5.41) is 0. The molecule has 0 N–H and O–H groups in total. The maximum absolute atomic E-state index is 5.52. The van der Waals surface area contributed by atoms with E-state index < -0.39 is 0 Å². The van der Waals surface area contributed by atoms with Gasteiger partial charge in [-0.15, -0.1) is 0 Å². The minimum atomic E-state index is 0.292. The predicted octanol–water partition coefficient (Wildman–Crippen LogP) is 2.50. The van der Waals surface area contributed by atoms with E-state index in [9.17, 15) is 0 Å². The van der Waals surface area contributed by atoms with Crippen molar-refractivity contribution < 1.29 is 12.5 Å². The van der Waals surface area contributed by atoms with Crippen molar-refractivity contribution in [2.24, 2.45) is 0 Å². The van der Waals surface area contributed by atoms with E-state index in [1.807, 2.05) is 48.1 Å². The van der Waals surface area contributed by atoms with Gasteiger partial charge < -0.3 is 12.5 Å². The largest absolute Gasteiger partial charge is 0.491 e. The Kier molecular flexibility index (Phi) is 3.12. The van der Waals surface area contributed by atoms with Crippen molar-refractivity contribution in [2.45, 2.75) is 13.0 Å². The third-order valence-electron chi connectivity index (χ3n) is 2.08. The fraction of sp³-hybridized carbons (Fsp3) is 0.400. The first-order valence-electron chi connectivity index (χ1n) is 4.43. The first-order chi connectivity index (χ1) is 6.79. The van der Waals surface area contributed by atoms with Crippen molar-refractivity contribution in [3.8, 4) is 11.5 Å². The Hall–Kier alpha value is -0.490. The highest BCUT2D eigenvalue weighted by molar-refractivity contribution is 14.1. The van der Waals surface area contributed by atoms with Gasteiger partial charge in [-0.1, -0.05) is 6.07 Å². The van der Waals surface area contributed by atoms with Crippen molar-refractivity contribution in [3.05, 3.63) is 23.8 Å². The van der Waals surface area contributed by atoms with Crippen LogP contribution in [-0.4, -0.2) is 19.3 Å². The number of epoxide rings is 1. The van der Waals surface area contributed by atoms with Crippen molar-refractivity contribution in [3.63, 3.8) is 0 Å². The van der Waals surface area contributed by atoms with Gasteiger partial charge in [-0.25, -0.2) is 0 Å². The highest BCUT2D eigenvalue weighted by atomic mass is 127. The molecule has 1 atom stereocenters. The Balaban J connectivity index is 2.01. The Morgan fingerprint density at radius 1 is 1.57 bits per heavy atom. The minimum Gasteiger partial charge on any atom is -0.491 e. The fourth-order valence-corrected chi connectivity index (χ4v) is 1.58. The van der Waals surface area contributed by atoms with Crippen molar-refractivity contribution in [1.82, 2.24) is 0 Å². The van der Waals surface area contributed by atoms with Crippen molar-refractivity contribution in [2.75, 3.05) is 13.2 Å². The van der Waals surface area contributed by atoms with Gasteiger partial charge in [0, 0.05) is 6.07 Å². The van der Waals surface area contributed by atoms with Crippen LogP contribution in [0.15, 0.2) is 18.2 Å². The number of halogens is 1. The summed E-state index contributed by atoms with van der Waals surface area (Å²) in [5.74, 6) is 1.68. The molecule has 0 aromatic heterocycles. The molecule has 1 aromatic rings. The third-order valence-corrected chi connectivity index (χ3v) is 2.56. The lowest BCUT2D eigenvalue weighted by Gasteiger charge is -2.07. The molecule has 0 aliphatic carbocycles. The number of hydrogen-bond donors (Lipinski definition) is 0. The molecule has 1 aliphatic rings. The number of rotatable bonds is 4. The second-order valence-corrected chi connectivity index (χ2v) is 3.71. The molecule has 3 nitrogen and oxygen atoms in total. The lowest BCUT2D eigenvalue weighted by Crippen LogP contribution is -2.03. The number of benzene rings is 1. The monoisotopic (exact) mass is 306 g/mol. The average molecular weight is 306 g/mol. The van der Waals surface area contributed by atoms with Crippen LogP contribution < -0.4 is 7.80 Å². The lowest BCUT2D eigenvalue weighted by molar-refractivity contribution is 0.262. The molecule has 4 heteroatoms. The molecule has 1 aromatic carbocycles. The van der Waals surface area contributed by atoms with Crippen LogP contribution in [0.5, 0.6) is 11.5 Å². The van der Waals surface area contributed by atoms with E-state index in [4.69, 9.17) is 12.5 Å². The number of aryl methyl sites for hydroxylation is 1. The summed E-state index contributed by atoms with van der Waals surface area (Å²) >= 11 is 1.87. The highest BCUT2D eigenvalue weighted by Crippen LogP contribution is 2.26. The average Bonchev–Trinajstić information content (AvgIpc) is 3.00. The first kappa shape index (κ1) is 10.0. The van der Waals surface area contributed by atoms with Crippen LogP contribution in [0.3, 0.4) is 0 Å². The Morgan fingerprint density at radius 3 is 3.00 bits per heavy atom. The predicted molar refractivity (Wildman–Crippen MR) is 61.1 cm³/mol. The summed E-state index contributed by atoms with van der Waals surface area (Å²) in [6, 6.07) is 5.82. The molecule has 0 radical (unpaired) electrons. The van der Waals surface area contributed by atoms with Crippen LogP contribution in [-0.2, 0) is 4.74 Å². The summed E-state index contributed by atoms with van der Waals surface area (Å²) in [6.45, 7) is 3.45.